The monoisotopic (exact) mass is 340 g/mol. The quantitative estimate of drug-likeness (QED) is 0.550. The minimum atomic E-state index is -0.226. The summed E-state index contributed by atoms with van der Waals surface area (Å²) in [5.74, 6) is -0.226. The highest BCUT2D eigenvalue weighted by atomic mass is 32.2. The van der Waals surface area contributed by atoms with Crippen molar-refractivity contribution in [2.75, 3.05) is 11.6 Å². The molecule has 0 spiro atoms. The Balaban J connectivity index is 1.65. The summed E-state index contributed by atoms with van der Waals surface area (Å²) in [7, 11) is 0. The first-order chi connectivity index (χ1) is 11.2. The largest absolute Gasteiger partial charge is 0.321 e. The predicted molar refractivity (Wildman–Crippen MR) is 95.4 cm³/mol. The predicted octanol–water partition coefficient (Wildman–Crippen LogP) is 4.15. The number of benzene rings is 2. The molecule has 1 amide bonds. The van der Waals surface area contributed by atoms with Crippen molar-refractivity contribution >= 4 is 55.8 Å². The molecule has 0 saturated heterocycles. The van der Waals surface area contributed by atoms with Crippen molar-refractivity contribution < 1.29 is 4.79 Å². The van der Waals surface area contributed by atoms with Crippen molar-refractivity contribution in [3.8, 4) is 0 Å². The van der Waals surface area contributed by atoms with Gasteiger partial charge in [-0.05, 0) is 30.5 Å². The number of hydrogen-bond donors (Lipinski definition) is 2. The zero-order valence-electron chi connectivity index (χ0n) is 12.2. The maximum Gasteiger partial charge on any atom is 0.276 e. The summed E-state index contributed by atoms with van der Waals surface area (Å²) in [5.41, 5.74) is 2.93. The lowest BCUT2D eigenvalue weighted by Gasteiger charge is -2.03. The molecule has 23 heavy (non-hydrogen) atoms. The fraction of sp³-hybridized carbons (Fsp3) is 0.0625. The minimum Gasteiger partial charge on any atom is -0.321 e. The molecular weight excluding hydrogens is 328 g/mol. The van der Waals surface area contributed by atoms with Gasteiger partial charge in [-0.15, -0.1) is 11.3 Å². The number of fused-ring (bicyclic) bond motifs is 2. The van der Waals surface area contributed by atoms with Crippen LogP contribution in [0.5, 0.6) is 0 Å². The van der Waals surface area contributed by atoms with Crippen molar-refractivity contribution in [3.05, 3.63) is 48.2 Å². The summed E-state index contributed by atoms with van der Waals surface area (Å²) < 4.78 is 2.07. The fourth-order valence-electron chi connectivity index (χ4n) is 2.40. The molecule has 2 aromatic carbocycles. The number of thioether (sulfide) groups is 1. The normalized spacial score (nSPS) is 11.2. The van der Waals surface area contributed by atoms with Gasteiger partial charge in [0.2, 0.25) is 0 Å². The number of hydrogen-bond acceptors (Lipinski definition) is 5. The van der Waals surface area contributed by atoms with E-state index in [4.69, 9.17) is 0 Å². The number of aromatic nitrogens is 3. The highest BCUT2D eigenvalue weighted by Crippen LogP contribution is 2.30. The molecule has 0 saturated carbocycles. The number of rotatable bonds is 3. The topological polar surface area (TPSA) is 70.7 Å². The van der Waals surface area contributed by atoms with E-state index in [2.05, 4.69) is 20.5 Å². The van der Waals surface area contributed by atoms with Crippen LogP contribution in [0.25, 0.3) is 21.1 Å². The van der Waals surface area contributed by atoms with Crippen LogP contribution in [0.1, 0.15) is 10.5 Å². The fourth-order valence-corrected chi connectivity index (χ4v) is 3.92. The highest BCUT2D eigenvalue weighted by Gasteiger charge is 2.14. The van der Waals surface area contributed by atoms with Crippen LogP contribution in [-0.2, 0) is 0 Å². The molecule has 2 aromatic heterocycles. The van der Waals surface area contributed by atoms with E-state index in [-0.39, 0.29) is 5.91 Å². The van der Waals surface area contributed by atoms with Crippen molar-refractivity contribution in [1.29, 1.82) is 0 Å². The Morgan fingerprint density at radius 3 is 3.00 bits per heavy atom. The number of anilines is 1. The zero-order chi connectivity index (χ0) is 15.8. The Bertz CT molecular complexity index is 1020. The Hall–Kier alpha value is -2.38. The van der Waals surface area contributed by atoms with Gasteiger partial charge in [0.25, 0.3) is 5.91 Å². The number of nitrogens with one attached hydrogen (secondary N) is 2. The van der Waals surface area contributed by atoms with Gasteiger partial charge >= 0.3 is 0 Å². The maximum absolute atomic E-state index is 12.5. The second kappa shape index (κ2) is 5.68. The number of carbonyl (C=O) groups excluding carboxylic acids is 1. The molecule has 0 atom stereocenters. The Morgan fingerprint density at radius 1 is 1.26 bits per heavy atom. The van der Waals surface area contributed by atoms with Gasteiger partial charge in [0.15, 0.2) is 10.0 Å². The lowest BCUT2D eigenvalue weighted by Crippen LogP contribution is -2.12. The van der Waals surface area contributed by atoms with Gasteiger partial charge in [-0.2, -0.15) is 5.10 Å². The Kier molecular flexibility index (Phi) is 3.51. The van der Waals surface area contributed by atoms with Gasteiger partial charge in [-0.25, -0.2) is 4.98 Å². The average Bonchev–Trinajstić information content (AvgIpc) is 3.18. The van der Waals surface area contributed by atoms with Crippen LogP contribution < -0.4 is 5.32 Å². The van der Waals surface area contributed by atoms with Gasteiger partial charge in [-0.3, -0.25) is 9.89 Å². The molecule has 114 valence electrons. The van der Waals surface area contributed by atoms with E-state index in [1.807, 2.05) is 48.7 Å². The van der Waals surface area contributed by atoms with E-state index in [9.17, 15) is 4.79 Å². The van der Waals surface area contributed by atoms with Crippen molar-refractivity contribution in [3.63, 3.8) is 0 Å². The molecule has 0 unspecified atom stereocenters. The summed E-state index contributed by atoms with van der Waals surface area (Å²) >= 11 is 3.24. The summed E-state index contributed by atoms with van der Waals surface area (Å²) in [6.45, 7) is 0. The standard InChI is InChI=1S/C16H12N4OS2/c1-22-16-18-12-7-6-9(8-13(12)23-16)17-15(21)14-10-4-2-3-5-11(10)19-20-14/h2-8H,1H3,(H,17,21)(H,19,20). The smallest absolute Gasteiger partial charge is 0.276 e. The first kappa shape index (κ1) is 14.2. The molecule has 0 radical (unpaired) electrons. The Morgan fingerprint density at radius 2 is 2.13 bits per heavy atom. The average molecular weight is 340 g/mol. The lowest BCUT2D eigenvalue weighted by molar-refractivity contribution is 0.102. The summed E-state index contributed by atoms with van der Waals surface area (Å²) in [6.07, 6.45) is 2.00. The van der Waals surface area contributed by atoms with Crippen LogP contribution in [-0.4, -0.2) is 27.3 Å². The molecule has 5 nitrogen and oxygen atoms in total. The molecule has 0 aliphatic rings. The molecule has 2 heterocycles. The maximum atomic E-state index is 12.5. The highest BCUT2D eigenvalue weighted by molar-refractivity contribution is 8.00. The van der Waals surface area contributed by atoms with Gasteiger partial charge < -0.3 is 5.32 Å². The molecular formula is C16H12N4OS2. The van der Waals surface area contributed by atoms with Crippen LogP contribution in [0, 0.1) is 0 Å². The molecule has 4 rings (SSSR count). The molecule has 0 bridgehead atoms. The Labute approximate surface area is 140 Å². The number of amides is 1. The number of thiazole rings is 1. The minimum absolute atomic E-state index is 0.226. The molecule has 0 aliphatic carbocycles. The van der Waals surface area contributed by atoms with Crippen LogP contribution in [0.15, 0.2) is 46.8 Å². The van der Waals surface area contributed by atoms with Gasteiger partial charge in [0.1, 0.15) is 0 Å². The molecule has 7 heteroatoms. The third-order valence-corrected chi connectivity index (χ3v) is 5.49. The summed E-state index contributed by atoms with van der Waals surface area (Å²) in [4.78, 5) is 17.0. The van der Waals surface area contributed by atoms with Crippen LogP contribution in [0.2, 0.25) is 0 Å². The van der Waals surface area contributed by atoms with Crippen molar-refractivity contribution in [1.82, 2.24) is 15.2 Å². The number of para-hydroxylation sites is 1. The third kappa shape index (κ3) is 2.58. The molecule has 0 aliphatic heterocycles. The second-order valence-electron chi connectivity index (χ2n) is 4.94. The van der Waals surface area contributed by atoms with Gasteiger partial charge in [0.05, 0.1) is 15.7 Å². The van der Waals surface area contributed by atoms with E-state index >= 15 is 0 Å². The van der Waals surface area contributed by atoms with Crippen LogP contribution in [0.4, 0.5) is 5.69 Å². The zero-order valence-corrected chi connectivity index (χ0v) is 13.8. The third-order valence-electron chi connectivity index (χ3n) is 3.49. The number of carbonyl (C=O) groups is 1. The van der Waals surface area contributed by atoms with Crippen molar-refractivity contribution in [2.24, 2.45) is 0 Å². The first-order valence-electron chi connectivity index (χ1n) is 6.93. The number of nitrogens with zero attached hydrogens (tertiary/aromatic N) is 2. The van der Waals surface area contributed by atoms with E-state index in [1.165, 1.54) is 0 Å². The van der Waals surface area contributed by atoms with E-state index < -0.39 is 0 Å². The number of aromatic amines is 1. The molecule has 4 aromatic rings. The van der Waals surface area contributed by atoms with Gasteiger partial charge in [0, 0.05) is 11.1 Å². The van der Waals surface area contributed by atoms with E-state index in [0.717, 1.165) is 31.1 Å². The van der Waals surface area contributed by atoms with Gasteiger partial charge in [-0.1, -0.05) is 30.0 Å². The SMILES string of the molecule is CSc1nc2ccc(NC(=O)c3n[nH]c4ccccc34)cc2s1. The van der Waals surface area contributed by atoms with E-state index in [0.29, 0.717) is 5.69 Å². The number of H-pyrrole nitrogens is 1. The molecule has 0 fully saturated rings. The molecule has 2 N–H and O–H groups in total. The summed E-state index contributed by atoms with van der Waals surface area (Å²) in [5, 5.41) is 10.7. The van der Waals surface area contributed by atoms with E-state index in [1.54, 1.807) is 23.1 Å². The van der Waals surface area contributed by atoms with Crippen LogP contribution >= 0.6 is 23.1 Å². The first-order valence-corrected chi connectivity index (χ1v) is 8.98. The van der Waals surface area contributed by atoms with Crippen LogP contribution in [0.3, 0.4) is 0 Å². The summed E-state index contributed by atoms with van der Waals surface area (Å²) in [6, 6.07) is 13.3. The second-order valence-corrected chi connectivity index (χ2v) is 7.02. The lowest BCUT2D eigenvalue weighted by atomic mass is 10.2. The van der Waals surface area contributed by atoms with Crippen molar-refractivity contribution in [2.45, 2.75) is 4.34 Å².